The van der Waals surface area contributed by atoms with Gasteiger partial charge >= 0.3 is 0 Å². The van der Waals surface area contributed by atoms with Crippen LogP contribution >= 0.6 is 0 Å². The highest BCUT2D eigenvalue weighted by Crippen LogP contribution is 2.35. The van der Waals surface area contributed by atoms with Crippen LogP contribution in [0.4, 0.5) is 5.88 Å². The molecule has 140 valence electrons. The fourth-order valence-electron chi connectivity index (χ4n) is 2.73. The fourth-order valence-corrected chi connectivity index (χ4v) is 2.73. The van der Waals surface area contributed by atoms with Gasteiger partial charge in [0.25, 0.3) is 5.91 Å². The zero-order valence-corrected chi connectivity index (χ0v) is 15.8. The normalized spacial score (nSPS) is 10.7. The van der Waals surface area contributed by atoms with Gasteiger partial charge in [-0.05, 0) is 41.3 Å². The largest absolute Gasteiger partial charge is 0.493 e. The smallest absolute Gasteiger partial charge is 0.258 e. The van der Waals surface area contributed by atoms with Crippen molar-refractivity contribution < 1.29 is 18.8 Å². The molecule has 0 aliphatic rings. The molecule has 1 amide bonds. The Hall–Kier alpha value is -3.28. The molecule has 6 nitrogen and oxygen atoms in total. The van der Waals surface area contributed by atoms with Crippen molar-refractivity contribution in [3.05, 3.63) is 59.8 Å². The first-order valence-electron chi connectivity index (χ1n) is 8.62. The standard InChI is InChI=1S/C21H22N2O4/c1-13(2)14-5-7-15(8-6-14)20(24)23-21-17(12-22-27-21)16-9-10-18(25-3)19(11-16)26-4/h5-13H,1-4H3,(H,23,24). The number of nitrogens with one attached hydrogen (secondary N) is 1. The van der Waals surface area contributed by atoms with Crippen molar-refractivity contribution >= 4 is 11.8 Å². The van der Waals surface area contributed by atoms with Gasteiger partial charge in [0.1, 0.15) is 0 Å². The molecule has 3 aromatic rings. The van der Waals surface area contributed by atoms with E-state index in [1.807, 2.05) is 18.2 Å². The van der Waals surface area contributed by atoms with Crippen LogP contribution in [-0.2, 0) is 0 Å². The third-order valence-corrected chi connectivity index (χ3v) is 4.33. The maximum absolute atomic E-state index is 12.6. The number of nitrogens with zero attached hydrogens (tertiary/aromatic N) is 1. The van der Waals surface area contributed by atoms with Crippen LogP contribution in [0.2, 0.25) is 0 Å². The molecule has 0 atom stereocenters. The van der Waals surface area contributed by atoms with Gasteiger partial charge in [-0.15, -0.1) is 0 Å². The molecule has 0 unspecified atom stereocenters. The lowest BCUT2D eigenvalue weighted by Gasteiger charge is -2.10. The number of rotatable bonds is 6. The van der Waals surface area contributed by atoms with E-state index in [1.54, 1.807) is 44.7 Å². The summed E-state index contributed by atoms with van der Waals surface area (Å²) in [5.74, 6) is 1.63. The lowest BCUT2D eigenvalue weighted by molar-refractivity contribution is 0.102. The Balaban J connectivity index is 1.84. The van der Waals surface area contributed by atoms with Gasteiger partial charge < -0.3 is 14.0 Å². The predicted molar refractivity (Wildman–Crippen MR) is 104 cm³/mol. The van der Waals surface area contributed by atoms with Crippen molar-refractivity contribution in [2.75, 3.05) is 19.5 Å². The first-order chi connectivity index (χ1) is 13.0. The molecule has 0 fully saturated rings. The Morgan fingerprint density at radius 1 is 1.04 bits per heavy atom. The van der Waals surface area contributed by atoms with Crippen LogP contribution < -0.4 is 14.8 Å². The number of carbonyl (C=O) groups is 1. The van der Waals surface area contributed by atoms with Gasteiger partial charge in [-0.1, -0.05) is 37.2 Å². The average Bonchev–Trinajstić information content (AvgIpc) is 3.15. The van der Waals surface area contributed by atoms with E-state index in [1.165, 1.54) is 5.56 Å². The quantitative estimate of drug-likeness (QED) is 0.682. The Morgan fingerprint density at radius 2 is 1.74 bits per heavy atom. The van der Waals surface area contributed by atoms with E-state index in [-0.39, 0.29) is 11.8 Å². The molecule has 0 spiro atoms. The van der Waals surface area contributed by atoms with Crippen LogP contribution in [0.5, 0.6) is 11.5 Å². The lowest BCUT2D eigenvalue weighted by atomic mass is 10.0. The molecule has 1 N–H and O–H groups in total. The highest BCUT2D eigenvalue weighted by Gasteiger charge is 2.16. The number of anilines is 1. The molecule has 27 heavy (non-hydrogen) atoms. The number of aromatic nitrogens is 1. The van der Waals surface area contributed by atoms with Crippen molar-refractivity contribution in [3.8, 4) is 22.6 Å². The number of ether oxygens (including phenoxy) is 2. The highest BCUT2D eigenvalue weighted by molar-refractivity contribution is 6.05. The summed E-state index contributed by atoms with van der Waals surface area (Å²) in [6, 6.07) is 13.0. The minimum atomic E-state index is -0.260. The van der Waals surface area contributed by atoms with Gasteiger partial charge in [-0.25, -0.2) is 0 Å². The van der Waals surface area contributed by atoms with Crippen molar-refractivity contribution in [2.45, 2.75) is 19.8 Å². The Labute approximate surface area is 158 Å². The number of hydrogen-bond donors (Lipinski definition) is 1. The summed E-state index contributed by atoms with van der Waals surface area (Å²) in [5.41, 5.74) is 3.17. The zero-order valence-electron chi connectivity index (χ0n) is 15.8. The molecular formula is C21H22N2O4. The van der Waals surface area contributed by atoms with Crippen molar-refractivity contribution in [1.29, 1.82) is 0 Å². The topological polar surface area (TPSA) is 73.6 Å². The summed E-state index contributed by atoms with van der Waals surface area (Å²) in [5, 5.41) is 6.60. The summed E-state index contributed by atoms with van der Waals surface area (Å²) in [6.45, 7) is 4.22. The lowest BCUT2D eigenvalue weighted by Crippen LogP contribution is -2.12. The van der Waals surface area contributed by atoms with Crippen LogP contribution in [0, 0.1) is 0 Å². The first kappa shape index (κ1) is 18.5. The van der Waals surface area contributed by atoms with E-state index in [4.69, 9.17) is 14.0 Å². The molecule has 0 bridgehead atoms. The van der Waals surface area contributed by atoms with Crippen LogP contribution in [0.1, 0.15) is 35.7 Å². The molecule has 6 heteroatoms. The predicted octanol–water partition coefficient (Wildman–Crippen LogP) is 4.73. The van der Waals surface area contributed by atoms with Gasteiger partial charge in [0.15, 0.2) is 11.5 Å². The Bertz CT molecular complexity index is 930. The minimum Gasteiger partial charge on any atom is -0.493 e. The Kier molecular flexibility index (Phi) is 5.45. The van der Waals surface area contributed by atoms with Crippen LogP contribution in [-0.4, -0.2) is 25.3 Å². The molecule has 0 radical (unpaired) electrons. The van der Waals surface area contributed by atoms with E-state index < -0.39 is 0 Å². The fraction of sp³-hybridized carbons (Fsp3) is 0.238. The summed E-state index contributed by atoms with van der Waals surface area (Å²) >= 11 is 0. The molecule has 0 aliphatic carbocycles. The van der Waals surface area contributed by atoms with Gasteiger partial charge in [0, 0.05) is 5.56 Å². The van der Waals surface area contributed by atoms with Crippen LogP contribution in [0.25, 0.3) is 11.1 Å². The Morgan fingerprint density at radius 3 is 2.37 bits per heavy atom. The molecule has 0 saturated heterocycles. The summed E-state index contributed by atoms with van der Waals surface area (Å²) in [4.78, 5) is 12.6. The third-order valence-electron chi connectivity index (χ3n) is 4.33. The maximum Gasteiger partial charge on any atom is 0.258 e. The van der Waals surface area contributed by atoms with Gasteiger partial charge in [0.2, 0.25) is 5.88 Å². The second-order valence-electron chi connectivity index (χ2n) is 6.37. The highest BCUT2D eigenvalue weighted by atomic mass is 16.5. The number of amides is 1. The molecule has 1 aromatic heterocycles. The SMILES string of the molecule is COc1ccc(-c2cnoc2NC(=O)c2ccc(C(C)C)cc2)cc1OC. The van der Waals surface area contributed by atoms with Gasteiger partial charge in [0.05, 0.1) is 26.0 Å². The van der Waals surface area contributed by atoms with Crippen LogP contribution in [0.3, 0.4) is 0 Å². The molecule has 0 aliphatic heterocycles. The van der Waals surface area contributed by atoms with Crippen molar-refractivity contribution in [2.24, 2.45) is 0 Å². The number of carbonyl (C=O) groups excluding carboxylic acids is 1. The number of methoxy groups -OCH3 is 2. The van der Waals surface area contributed by atoms with E-state index in [0.717, 1.165) is 5.56 Å². The third kappa shape index (κ3) is 3.95. The van der Waals surface area contributed by atoms with Crippen molar-refractivity contribution in [1.82, 2.24) is 5.16 Å². The van der Waals surface area contributed by atoms with E-state index in [9.17, 15) is 4.79 Å². The second kappa shape index (κ2) is 7.95. The summed E-state index contributed by atoms with van der Waals surface area (Å²) in [6.07, 6.45) is 1.55. The summed E-state index contributed by atoms with van der Waals surface area (Å²) < 4.78 is 15.8. The van der Waals surface area contributed by atoms with Crippen LogP contribution in [0.15, 0.2) is 53.2 Å². The van der Waals surface area contributed by atoms with E-state index in [2.05, 4.69) is 24.3 Å². The zero-order chi connectivity index (χ0) is 19.4. The number of benzene rings is 2. The average molecular weight is 366 g/mol. The second-order valence-corrected chi connectivity index (χ2v) is 6.37. The van der Waals surface area contributed by atoms with E-state index >= 15 is 0 Å². The molecular weight excluding hydrogens is 344 g/mol. The van der Waals surface area contributed by atoms with Crippen molar-refractivity contribution in [3.63, 3.8) is 0 Å². The van der Waals surface area contributed by atoms with E-state index in [0.29, 0.717) is 28.5 Å². The van der Waals surface area contributed by atoms with Gasteiger partial charge in [-0.3, -0.25) is 10.1 Å². The first-order valence-corrected chi connectivity index (χ1v) is 8.62. The molecule has 1 heterocycles. The maximum atomic E-state index is 12.6. The number of hydrogen-bond acceptors (Lipinski definition) is 5. The molecule has 3 rings (SSSR count). The molecule has 0 saturated carbocycles. The monoisotopic (exact) mass is 366 g/mol. The van der Waals surface area contributed by atoms with Gasteiger partial charge in [-0.2, -0.15) is 0 Å². The molecule has 2 aromatic carbocycles. The summed E-state index contributed by atoms with van der Waals surface area (Å²) in [7, 11) is 3.14. The minimum absolute atomic E-state index is 0.260.